The van der Waals surface area contributed by atoms with Crippen LogP contribution in [0.5, 0.6) is 5.75 Å². The van der Waals surface area contributed by atoms with E-state index >= 15 is 0 Å². The smallest absolute Gasteiger partial charge is 0.272 e. The summed E-state index contributed by atoms with van der Waals surface area (Å²) >= 11 is 5.66. The number of alkyl halides is 2. The fourth-order valence-electron chi connectivity index (χ4n) is 0.991. The Balaban J connectivity index is 2.92. The number of amidine groups is 1. The molecule has 0 fully saturated rings. The third-order valence-electron chi connectivity index (χ3n) is 1.60. The van der Waals surface area contributed by atoms with Gasteiger partial charge in [0.2, 0.25) is 0 Å². The van der Waals surface area contributed by atoms with E-state index in [0.29, 0.717) is 5.02 Å². The topological polar surface area (TPSA) is 59.1 Å². The van der Waals surface area contributed by atoms with Crippen molar-refractivity contribution < 1.29 is 13.5 Å². The maximum Gasteiger partial charge on any atom is 0.272 e. The fraction of sp³-hybridized carbons (Fsp3) is 0.222. The van der Waals surface area contributed by atoms with Crippen molar-refractivity contribution in [3.05, 3.63) is 28.8 Å². The highest BCUT2D eigenvalue weighted by molar-refractivity contribution is 6.30. The molecule has 1 aromatic rings. The van der Waals surface area contributed by atoms with Crippen LogP contribution in [0.3, 0.4) is 0 Å². The third kappa shape index (κ3) is 3.36. The molecule has 0 amide bonds. The summed E-state index contributed by atoms with van der Waals surface area (Å²) in [5, 5.41) is 7.54. The molecule has 0 saturated heterocycles. The number of halogens is 3. The third-order valence-corrected chi connectivity index (χ3v) is 1.83. The van der Waals surface area contributed by atoms with E-state index in [1.807, 2.05) is 0 Å². The first kappa shape index (κ1) is 11.7. The molecule has 0 heterocycles. The highest BCUT2D eigenvalue weighted by Crippen LogP contribution is 2.23. The average molecular weight is 235 g/mol. The van der Waals surface area contributed by atoms with E-state index in [0.717, 1.165) is 0 Å². The molecule has 0 saturated carbocycles. The largest absolute Gasteiger partial charge is 0.487 e. The Bertz CT molecular complexity index is 371. The van der Waals surface area contributed by atoms with Crippen molar-refractivity contribution in [2.45, 2.75) is 6.43 Å². The Hall–Kier alpha value is -1.36. The highest BCUT2D eigenvalue weighted by Gasteiger charge is 2.10. The molecule has 3 N–H and O–H groups in total. The molecular formula is C9H9ClF2N2O. The molecule has 0 aliphatic heterocycles. The first-order chi connectivity index (χ1) is 7.00. The second kappa shape index (κ2) is 4.93. The number of ether oxygens (including phenoxy) is 1. The molecule has 1 rings (SSSR count). The Morgan fingerprint density at radius 3 is 2.73 bits per heavy atom. The molecule has 0 radical (unpaired) electrons. The predicted octanol–water partition coefficient (Wildman–Crippen LogP) is 2.27. The van der Waals surface area contributed by atoms with Crippen molar-refractivity contribution in [1.29, 1.82) is 5.41 Å². The van der Waals surface area contributed by atoms with E-state index in [9.17, 15) is 8.78 Å². The van der Waals surface area contributed by atoms with Gasteiger partial charge in [-0.3, -0.25) is 5.41 Å². The lowest BCUT2D eigenvalue weighted by atomic mass is 10.2. The Morgan fingerprint density at radius 2 is 2.20 bits per heavy atom. The summed E-state index contributed by atoms with van der Waals surface area (Å²) in [6, 6.07) is 4.31. The maximum absolute atomic E-state index is 11.9. The Kier molecular flexibility index (Phi) is 3.85. The molecule has 82 valence electrons. The zero-order valence-corrected chi connectivity index (χ0v) is 8.39. The lowest BCUT2D eigenvalue weighted by molar-refractivity contribution is 0.0818. The van der Waals surface area contributed by atoms with Gasteiger partial charge in [-0.15, -0.1) is 0 Å². The number of nitrogens with one attached hydrogen (secondary N) is 1. The van der Waals surface area contributed by atoms with Crippen LogP contribution in [0.4, 0.5) is 8.78 Å². The standard InChI is InChI=1S/C9H9ClF2N2O/c10-5-1-2-6(9(13)14)7(3-5)15-4-8(11)12/h1-3,8H,4H2,(H3,13,14). The molecule has 0 atom stereocenters. The lowest BCUT2D eigenvalue weighted by Crippen LogP contribution is -2.15. The summed E-state index contributed by atoms with van der Waals surface area (Å²) in [7, 11) is 0. The SMILES string of the molecule is N=C(N)c1ccc(Cl)cc1OCC(F)F. The highest BCUT2D eigenvalue weighted by atomic mass is 35.5. The van der Waals surface area contributed by atoms with Gasteiger partial charge >= 0.3 is 0 Å². The number of hydrogen-bond acceptors (Lipinski definition) is 2. The molecule has 0 spiro atoms. The first-order valence-corrected chi connectivity index (χ1v) is 4.43. The molecule has 0 bridgehead atoms. The van der Waals surface area contributed by atoms with Crippen LogP contribution in [0, 0.1) is 5.41 Å². The van der Waals surface area contributed by atoms with Crippen LogP contribution in [0.1, 0.15) is 5.56 Å². The Labute approximate surface area is 90.3 Å². The van der Waals surface area contributed by atoms with Crippen LogP contribution in [0.15, 0.2) is 18.2 Å². The summed E-state index contributed by atoms with van der Waals surface area (Å²) in [6.45, 7) is -0.749. The van der Waals surface area contributed by atoms with Gasteiger partial charge in [-0.1, -0.05) is 11.6 Å². The van der Waals surface area contributed by atoms with E-state index in [-0.39, 0.29) is 17.1 Å². The van der Waals surface area contributed by atoms with Crippen LogP contribution < -0.4 is 10.5 Å². The van der Waals surface area contributed by atoms with E-state index in [4.69, 9.17) is 27.5 Å². The van der Waals surface area contributed by atoms with Gasteiger partial charge in [-0.2, -0.15) is 0 Å². The molecule has 0 unspecified atom stereocenters. The number of rotatable bonds is 4. The van der Waals surface area contributed by atoms with E-state index in [1.54, 1.807) is 0 Å². The Morgan fingerprint density at radius 1 is 1.53 bits per heavy atom. The van der Waals surface area contributed by atoms with Gasteiger partial charge in [0, 0.05) is 5.02 Å². The average Bonchev–Trinajstić information content (AvgIpc) is 2.14. The predicted molar refractivity (Wildman–Crippen MR) is 54.0 cm³/mol. The second-order valence-corrected chi connectivity index (χ2v) is 3.19. The van der Waals surface area contributed by atoms with E-state index in [2.05, 4.69) is 0 Å². The van der Waals surface area contributed by atoms with Gasteiger partial charge in [0.25, 0.3) is 6.43 Å². The molecule has 1 aromatic carbocycles. The van der Waals surface area contributed by atoms with Gasteiger partial charge in [-0.05, 0) is 18.2 Å². The number of hydrogen-bond donors (Lipinski definition) is 2. The van der Waals surface area contributed by atoms with Crippen LogP contribution in [-0.2, 0) is 0 Å². The summed E-state index contributed by atoms with van der Waals surface area (Å²) in [5.41, 5.74) is 5.49. The van der Waals surface area contributed by atoms with Gasteiger partial charge in [0.05, 0.1) is 5.56 Å². The van der Waals surface area contributed by atoms with Crippen molar-refractivity contribution in [2.24, 2.45) is 5.73 Å². The first-order valence-electron chi connectivity index (χ1n) is 4.05. The molecule has 15 heavy (non-hydrogen) atoms. The molecular weight excluding hydrogens is 226 g/mol. The van der Waals surface area contributed by atoms with Crippen molar-refractivity contribution >= 4 is 17.4 Å². The van der Waals surface area contributed by atoms with Gasteiger partial charge < -0.3 is 10.5 Å². The summed E-state index contributed by atoms with van der Waals surface area (Å²) in [5.74, 6) is -0.161. The van der Waals surface area contributed by atoms with Crippen molar-refractivity contribution in [3.8, 4) is 5.75 Å². The molecule has 6 heteroatoms. The lowest BCUT2D eigenvalue weighted by Gasteiger charge is -2.10. The molecule has 3 nitrogen and oxygen atoms in total. The van der Waals surface area contributed by atoms with Crippen LogP contribution in [0.2, 0.25) is 5.02 Å². The zero-order chi connectivity index (χ0) is 11.4. The monoisotopic (exact) mass is 234 g/mol. The number of benzene rings is 1. The van der Waals surface area contributed by atoms with Crippen LogP contribution in [-0.4, -0.2) is 18.9 Å². The maximum atomic E-state index is 11.9. The normalized spacial score (nSPS) is 10.4. The van der Waals surface area contributed by atoms with Gasteiger partial charge in [0.15, 0.2) is 0 Å². The minimum atomic E-state index is -2.58. The minimum absolute atomic E-state index is 0.0929. The molecule has 0 aliphatic rings. The van der Waals surface area contributed by atoms with Crippen LogP contribution >= 0.6 is 11.6 Å². The van der Waals surface area contributed by atoms with Crippen molar-refractivity contribution in [1.82, 2.24) is 0 Å². The van der Waals surface area contributed by atoms with Crippen molar-refractivity contribution in [2.75, 3.05) is 6.61 Å². The minimum Gasteiger partial charge on any atom is -0.487 e. The fourth-order valence-corrected chi connectivity index (χ4v) is 1.15. The van der Waals surface area contributed by atoms with E-state index in [1.165, 1.54) is 18.2 Å². The van der Waals surface area contributed by atoms with Crippen molar-refractivity contribution in [3.63, 3.8) is 0 Å². The van der Waals surface area contributed by atoms with Gasteiger partial charge in [0.1, 0.15) is 18.2 Å². The number of nitrogen functional groups attached to an aromatic ring is 1. The summed E-state index contributed by atoms with van der Waals surface area (Å²) in [6.07, 6.45) is -2.58. The quantitative estimate of drug-likeness (QED) is 0.620. The summed E-state index contributed by atoms with van der Waals surface area (Å²) < 4.78 is 28.6. The number of nitrogens with two attached hydrogens (primary N) is 1. The van der Waals surface area contributed by atoms with E-state index < -0.39 is 13.0 Å². The molecule has 0 aromatic heterocycles. The second-order valence-electron chi connectivity index (χ2n) is 2.76. The zero-order valence-electron chi connectivity index (χ0n) is 7.64. The molecule has 0 aliphatic carbocycles. The van der Waals surface area contributed by atoms with Crippen LogP contribution in [0.25, 0.3) is 0 Å². The summed E-state index contributed by atoms with van der Waals surface area (Å²) in [4.78, 5) is 0. The van der Waals surface area contributed by atoms with Gasteiger partial charge in [-0.25, -0.2) is 8.78 Å².